The normalized spacial score (nSPS) is 12.6. The van der Waals surface area contributed by atoms with Crippen LogP contribution in [0.25, 0.3) is 0 Å². The Kier molecular flexibility index (Phi) is 18.8. The molecule has 384 valence electrons. The average Bonchev–Trinajstić information content (AvgIpc) is 3.23. The molecule has 0 saturated heterocycles. The molecule has 5 rings (SSSR count). The maximum atomic E-state index is 11.8. The molecule has 1 heterocycles. The number of nitrogens with one attached hydrogen (secondary N) is 3. The highest BCUT2D eigenvalue weighted by atomic mass is 35.5. The smallest absolute Gasteiger partial charge is 0.296 e. The van der Waals surface area contributed by atoms with Gasteiger partial charge in [0.25, 0.3) is 50.6 Å². The van der Waals surface area contributed by atoms with Crippen molar-refractivity contribution in [3.8, 4) is 11.5 Å². The molecule has 0 radical (unpaired) electrons. The molecule has 0 aliphatic rings. The summed E-state index contributed by atoms with van der Waals surface area (Å²) in [5.74, 6) is -3.54. The van der Waals surface area contributed by atoms with Gasteiger partial charge in [0, 0.05) is 18.7 Å². The van der Waals surface area contributed by atoms with E-state index in [0.29, 0.717) is 0 Å². The van der Waals surface area contributed by atoms with E-state index in [1.807, 2.05) is 0 Å². The van der Waals surface area contributed by atoms with Gasteiger partial charge < -0.3 is 25.4 Å². The molecule has 0 fully saturated rings. The summed E-state index contributed by atoms with van der Waals surface area (Å²) in [7, 11) is -22.8. The van der Waals surface area contributed by atoms with Gasteiger partial charge in [-0.2, -0.15) is 67.3 Å². The highest BCUT2D eigenvalue weighted by molar-refractivity contribution is 7.86. The number of anilines is 5. The summed E-state index contributed by atoms with van der Waals surface area (Å²) in [4.78, 5) is 11.4. The molecule has 27 nitrogen and oxygen atoms in total. The molecule has 71 heavy (non-hydrogen) atoms. The Balaban J connectivity index is 1.56. The number of azo groups is 2. The first-order valence-electron chi connectivity index (χ1n) is 19.1. The van der Waals surface area contributed by atoms with E-state index in [2.05, 4.69) is 51.4 Å². The summed E-state index contributed by atoms with van der Waals surface area (Å²) in [5, 5.41) is 23.2. The van der Waals surface area contributed by atoms with E-state index >= 15 is 0 Å². The van der Waals surface area contributed by atoms with E-state index < -0.39 is 84.2 Å². The van der Waals surface area contributed by atoms with Gasteiger partial charge in [-0.1, -0.05) is 46.4 Å². The number of hydrogen-bond donors (Lipinski definition) is 8. The van der Waals surface area contributed by atoms with Crippen LogP contribution in [0.15, 0.2) is 90.9 Å². The predicted molar refractivity (Wildman–Crippen MR) is 258 cm³/mol. The molecule has 0 bridgehead atoms. The van der Waals surface area contributed by atoms with Crippen molar-refractivity contribution in [2.24, 2.45) is 20.5 Å². The van der Waals surface area contributed by atoms with E-state index in [9.17, 15) is 64.9 Å². The topological polar surface area (TPSA) is 415 Å². The zero-order valence-corrected chi connectivity index (χ0v) is 42.4. The molecular formula is C35H34Cl4N10O17S5. The Morgan fingerprint density at radius 3 is 1.23 bits per heavy atom. The molecule has 0 amide bonds. The van der Waals surface area contributed by atoms with Gasteiger partial charge in [-0.05, 0) is 61.4 Å². The minimum Gasteiger partial charge on any atom is -0.491 e. The molecule has 36 heteroatoms. The van der Waals surface area contributed by atoms with E-state index in [4.69, 9.17) is 55.9 Å². The van der Waals surface area contributed by atoms with Gasteiger partial charge in [0.1, 0.15) is 32.7 Å². The highest BCUT2D eigenvalue weighted by Gasteiger charge is 2.20. The van der Waals surface area contributed by atoms with Gasteiger partial charge in [0.15, 0.2) is 0 Å². The van der Waals surface area contributed by atoms with Gasteiger partial charge in [-0.15, -0.1) is 10.2 Å². The number of benzene rings is 4. The monoisotopic (exact) mass is 1170 g/mol. The van der Waals surface area contributed by atoms with E-state index in [1.54, 1.807) is 0 Å². The molecule has 8 N–H and O–H groups in total. The fourth-order valence-corrected chi connectivity index (χ4v) is 9.06. The second-order valence-electron chi connectivity index (χ2n) is 13.9. The van der Waals surface area contributed by atoms with Gasteiger partial charge in [0.05, 0.1) is 73.3 Å². The largest absolute Gasteiger partial charge is 0.491 e. The SMILES string of the molecule is O=S(=O)(O)CCCOc1cc(N=Nc2ccc(Cl)c(S(=O)(=O)O)c2)c(Cl)cc1Nc1nc(NCCS(=O)(=O)O)nc(Nc2cc(Cl)c(N=Nc3ccc(Cl)c(S(=O)(=O)O)c3)cc2OCCCS(=O)(=O)O)n1. The van der Waals surface area contributed by atoms with Crippen LogP contribution in [0.1, 0.15) is 12.8 Å². The lowest BCUT2D eigenvalue weighted by molar-refractivity contribution is 0.317. The van der Waals surface area contributed by atoms with Crippen LogP contribution in [-0.4, -0.2) is 117 Å². The first-order chi connectivity index (χ1) is 32.9. The van der Waals surface area contributed by atoms with Crippen LogP contribution in [0.2, 0.25) is 20.1 Å². The number of aromatic nitrogens is 3. The quantitative estimate of drug-likeness (QED) is 0.0165. The number of rotatable bonds is 24. The summed E-state index contributed by atoms with van der Waals surface area (Å²) in [5.41, 5.74) is -0.528. The lowest BCUT2D eigenvalue weighted by Crippen LogP contribution is -2.17. The Labute approximate surface area is 423 Å². The summed E-state index contributed by atoms with van der Waals surface area (Å²) in [6.45, 7) is -1.15. The van der Waals surface area contributed by atoms with E-state index in [1.165, 1.54) is 36.4 Å². The van der Waals surface area contributed by atoms with Crippen LogP contribution in [0.4, 0.5) is 52.0 Å². The van der Waals surface area contributed by atoms with Gasteiger partial charge >= 0.3 is 0 Å². The Bertz CT molecular complexity index is 3270. The van der Waals surface area contributed by atoms with Crippen molar-refractivity contribution < 1.29 is 74.3 Å². The Hall–Kier alpha value is -5.20. The van der Waals surface area contributed by atoms with Crippen molar-refractivity contribution in [2.45, 2.75) is 22.6 Å². The zero-order valence-electron chi connectivity index (χ0n) is 35.2. The fraction of sp³-hybridized carbons (Fsp3) is 0.229. The summed E-state index contributed by atoms with van der Waals surface area (Å²) < 4.78 is 174. The van der Waals surface area contributed by atoms with Crippen LogP contribution < -0.4 is 25.4 Å². The minimum atomic E-state index is -4.76. The molecule has 5 aromatic rings. The van der Waals surface area contributed by atoms with Crippen molar-refractivity contribution in [3.05, 3.63) is 80.8 Å². The average molecular weight is 1170 g/mol. The molecule has 0 atom stereocenters. The third-order valence-corrected chi connectivity index (χ3v) is 14.0. The van der Waals surface area contributed by atoms with Crippen molar-refractivity contribution in [1.29, 1.82) is 0 Å². The summed E-state index contributed by atoms with van der Waals surface area (Å²) in [6.07, 6.45) is -0.469. The number of halogens is 4. The zero-order chi connectivity index (χ0) is 52.5. The first-order valence-corrected chi connectivity index (χ1v) is 28.3. The minimum absolute atomic E-state index is 0.0491. The lowest BCUT2D eigenvalue weighted by atomic mass is 10.2. The van der Waals surface area contributed by atoms with Gasteiger partial charge in [-0.3, -0.25) is 22.8 Å². The number of nitrogens with zero attached hydrogens (tertiary/aromatic N) is 7. The van der Waals surface area contributed by atoms with E-state index in [-0.39, 0.29) is 110 Å². The van der Waals surface area contributed by atoms with Crippen molar-refractivity contribution in [2.75, 3.05) is 53.0 Å². The molecule has 1 aromatic heterocycles. The van der Waals surface area contributed by atoms with Crippen molar-refractivity contribution in [3.63, 3.8) is 0 Å². The Morgan fingerprint density at radius 1 is 0.479 bits per heavy atom. The van der Waals surface area contributed by atoms with Crippen LogP contribution in [0, 0.1) is 0 Å². The first kappa shape index (κ1) is 56.7. The second kappa shape index (κ2) is 23.6. The van der Waals surface area contributed by atoms with Crippen molar-refractivity contribution >= 4 is 149 Å². The van der Waals surface area contributed by atoms with Crippen molar-refractivity contribution in [1.82, 2.24) is 15.0 Å². The van der Waals surface area contributed by atoms with Crippen LogP contribution in [0.5, 0.6) is 11.5 Å². The molecule has 0 saturated carbocycles. The summed E-state index contributed by atoms with van der Waals surface area (Å²) >= 11 is 24.9. The third kappa shape index (κ3) is 18.4. The number of hydrogen-bond acceptors (Lipinski definition) is 22. The molecule has 0 spiro atoms. The van der Waals surface area contributed by atoms with Gasteiger partial charge in [0.2, 0.25) is 17.8 Å². The van der Waals surface area contributed by atoms with Crippen LogP contribution in [0.3, 0.4) is 0 Å². The highest BCUT2D eigenvalue weighted by Crippen LogP contribution is 2.41. The Morgan fingerprint density at radius 2 is 0.859 bits per heavy atom. The van der Waals surface area contributed by atoms with E-state index in [0.717, 1.165) is 24.3 Å². The van der Waals surface area contributed by atoms with Gasteiger partial charge in [-0.25, -0.2) is 0 Å². The fourth-order valence-electron chi connectivity index (χ4n) is 5.35. The number of ether oxygens (including phenoxy) is 2. The van der Waals surface area contributed by atoms with Crippen LogP contribution in [-0.2, 0) is 50.6 Å². The molecule has 4 aromatic carbocycles. The second-order valence-corrected chi connectivity index (χ2v) is 23.0. The molecule has 0 aliphatic heterocycles. The van der Waals surface area contributed by atoms with Crippen LogP contribution >= 0.6 is 46.4 Å². The maximum absolute atomic E-state index is 11.8. The molecule has 0 aliphatic carbocycles. The molecule has 0 unspecified atom stereocenters. The summed E-state index contributed by atoms with van der Waals surface area (Å²) in [6, 6.07) is 11.5. The third-order valence-electron chi connectivity index (χ3n) is 8.41. The lowest BCUT2D eigenvalue weighted by Gasteiger charge is -2.17. The maximum Gasteiger partial charge on any atom is 0.296 e. The standard InChI is InChI=1S/C35H34Cl4N10O17S5/c36-21-5-3-19(13-31(21)70(59,60)61)46-48-25-17-29(65-8-1-10-67(50,51)52)27(15-23(25)38)41-34-43-33(40-7-12-69(56,57)58)44-35(45-34)42-28-16-24(39)26(18-30(28)66-9-2-11-68(53,54)55)49-47-20-4-6-22(37)32(14-20)71(62,63)64/h3-6,13-18H,1-2,7-12H2,(H,50,51,52)(H,53,54,55)(H,56,57,58)(H,59,60,61)(H,62,63,64)(H3,40,41,42,43,44,45). The molecular weight excluding hydrogens is 1130 g/mol. The predicted octanol–water partition coefficient (Wildman–Crippen LogP) is 7.91.